The minimum absolute atomic E-state index is 0.138. The predicted octanol–water partition coefficient (Wildman–Crippen LogP) is 1.66. The van der Waals surface area contributed by atoms with Crippen LogP contribution in [0.1, 0.15) is 12.8 Å². The van der Waals surface area contributed by atoms with Gasteiger partial charge in [0.2, 0.25) is 5.82 Å². The number of nitro groups is 1. The molecule has 0 bridgehead atoms. The van der Waals surface area contributed by atoms with E-state index < -0.39 is 16.4 Å². The fourth-order valence-electron chi connectivity index (χ4n) is 2.08. The monoisotopic (exact) mass is 239 g/mol. The lowest BCUT2D eigenvalue weighted by Gasteiger charge is -2.31. The molecule has 0 radical (unpaired) electrons. The summed E-state index contributed by atoms with van der Waals surface area (Å²) >= 11 is 0. The van der Waals surface area contributed by atoms with Gasteiger partial charge in [0, 0.05) is 19.1 Å². The molecule has 1 aromatic rings. The molecule has 0 aromatic heterocycles. The lowest BCUT2D eigenvalue weighted by Crippen LogP contribution is -2.40. The van der Waals surface area contributed by atoms with Gasteiger partial charge in [-0.1, -0.05) is 6.07 Å². The molecular formula is C11H14FN3O2. The second kappa shape index (κ2) is 4.67. The zero-order chi connectivity index (χ0) is 12.4. The predicted molar refractivity (Wildman–Crippen MR) is 62.5 cm³/mol. The minimum atomic E-state index is -0.789. The summed E-state index contributed by atoms with van der Waals surface area (Å²) in [7, 11) is 0. The summed E-state index contributed by atoms with van der Waals surface area (Å²) in [4.78, 5) is 12.0. The van der Waals surface area contributed by atoms with Gasteiger partial charge in [-0.3, -0.25) is 10.1 Å². The topological polar surface area (TPSA) is 72.4 Å². The van der Waals surface area contributed by atoms with Gasteiger partial charge in [0.25, 0.3) is 0 Å². The summed E-state index contributed by atoms with van der Waals surface area (Å²) in [6.07, 6.45) is 1.54. The maximum absolute atomic E-state index is 13.4. The Bertz CT molecular complexity index is 431. The van der Waals surface area contributed by atoms with Crippen molar-refractivity contribution >= 4 is 11.4 Å². The van der Waals surface area contributed by atoms with Crippen molar-refractivity contribution in [1.82, 2.24) is 0 Å². The Labute approximate surface area is 98.2 Å². The molecule has 92 valence electrons. The number of piperidine rings is 1. The van der Waals surface area contributed by atoms with Crippen LogP contribution in [-0.4, -0.2) is 24.1 Å². The first kappa shape index (κ1) is 11.8. The Kier molecular flexibility index (Phi) is 3.23. The summed E-state index contributed by atoms with van der Waals surface area (Å²) in [6.45, 7) is 1.26. The van der Waals surface area contributed by atoms with Crippen LogP contribution >= 0.6 is 0 Å². The number of halogens is 1. The molecule has 0 atom stereocenters. The van der Waals surface area contributed by atoms with Crippen LogP contribution < -0.4 is 10.6 Å². The number of hydrogen-bond acceptors (Lipinski definition) is 4. The van der Waals surface area contributed by atoms with Crippen LogP contribution in [0.25, 0.3) is 0 Å². The highest BCUT2D eigenvalue weighted by Crippen LogP contribution is 2.32. The standard InChI is InChI=1S/C11H14FN3O2/c12-9-2-1-3-10(11(9)15(16)17)14-6-4-8(13)5-7-14/h1-3,8H,4-7,13H2. The summed E-state index contributed by atoms with van der Waals surface area (Å²) in [6, 6.07) is 4.32. The summed E-state index contributed by atoms with van der Waals surface area (Å²) in [5.74, 6) is -0.789. The van der Waals surface area contributed by atoms with E-state index in [1.807, 2.05) is 4.90 Å². The number of nitro benzene ring substituents is 1. The quantitative estimate of drug-likeness (QED) is 0.629. The Morgan fingerprint density at radius 2 is 2.06 bits per heavy atom. The zero-order valence-electron chi connectivity index (χ0n) is 9.30. The van der Waals surface area contributed by atoms with Gasteiger partial charge in [0.1, 0.15) is 5.69 Å². The molecule has 1 heterocycles. The van der Waals surface area contributed by atoms with Crippen LogP contribution in [0.2, 0.25) is 0 Å². The van der Waals surface area contributed by atoms with Crippen molar-refractivity contribution in [3.63, 3.8) is 0 Å². The fraction of sp³-hybridized carbons (Fsp3) is 0.455. The molecule has 17 heavy (non-hydrogen) atoms. The summed E-state index contributed by atoms with van der Waals surface area (Å²) < 4.78 is 13.4. The third-order valence-electron chi connectivity index (χ3n) is 3.03. The van der Waals surface area contributed by atoms with Crippen LogP contribution in [0.5, 0.6) is 0 Å². The van der Waals surface area contributed by atoms with Gasteiger partial charge in [-0.2, -0.15) is 4.39 Å². The van der Waals surface area contributed by atoms with E-state index in [0.29, 0.717) is 18.8 Å². The molecule has 1 aliphatic rings. The summed E-state index contributed by atoms with van der Waals surface area (Å²) in [5.41, 5.74) is 5.68. The number of nitrogens with two attached hydrogens (primary N) is 1. The number of benzene rings is 1. The molecule has 2 rings (SSSR count). The number of anilines is 1. The van der Waals surface area contributed by atoms with E-state index >= 15 is 0 Å². The molecule has 0 spiro atoms. The lowest BCUT2D eigenvalue weighted by atomic mass is 10.1. The molecule has 1 aliphatic heterocycles. The SMILES string of the molecule is NC1CCN(c2cccc(F)c2[N+](=O)[O-])CC1. The third kappa shape index (κ3) is 2.36. The lowest BCUT2D eigenvalue weighted by molar-refractivity contribution is -0.386. The smallest absolute Gasteiger partial charge is 0.327 e. The highest BCUT2D eigenvalue weighted by atomic mass is 19.1. The van der Waals surface area contributed by atoms with E-state index in [1.165, 1.54) is 6.07 Å². The second-order valence-corrected chi connectivity index (χ2v) is 4.19. The van der Waals surface area contributed by atoms with Crippen molar-refractivity contribution < 1.29 is 9.31 Å². The first-order chi connectivity index (χ1) is 8.09. The maximum atomic E-state index is 13.4. The fourth-order valence-corrected chi connectivity index (χ4v) is 2.08. The van der Waals surface area contributed by atoms with E-state index in [-0.39, 0.29) is 6.04 Å². The molecule has 1 fully saturated rings. The van der Waals surface area contributed by atoms with Crippen molar-refractivity contribution in [2.24, 2.45) is 5.73 Å². The van der Waals surface area contributed by atoms with Crippen molar-refractivity contribution in [3.05, 3.63) is 34.1 Å². The molecule has 1 saturated heterocycles. The molecule has 0 aliphatic carbocycles. The van der Waals surface area contributed by atoms with E-state index in [9.17, 15) is 14.5 Å². The van der Waals surface area contributed by atoms with Gasteiger partial charge in [0.15, 0.2) is 0 Å². The highest BCUT2D eigenvalue weighted by Gasteiger charge is 2.26. The first-order valence-electron chi connectivity index (χ1n) is 5.53. The molecule has 0 saturated carbocycles. The maximum Gasteiger partial charge on any atom is 0.327 e. The Morgan fingerprint density at radius 1 is 1.41 bits per heavy atom. The van der Waals surface area contributed by atoms with Crippen LogP contribution in [-0.2, 0) is 0 Å². The van der Waals surface area contributed by atoms with Crippen molar-refractivity contribution in [1.29, 1.82) is 0 Å². The van der Waals surface area contributed by atoms with Gasteiger partial charge >= 0.3 is 5.69 Å². The zero-order valence-corrected chi connectivity index (χ0v) is 9.30. The second-order valence-electron chi connectivity index (χ2n) is 4.19. The van der Waals surface area contributed by atoms with E-state index in [4.69, 9.17) is 5.73 Å². The van der Waals surface area contributed by atoms with Crippen molar-refractivity contribution in [2.45, 2.75) is 18.9 Å². The van der Waals surface area contributed by atoms with Crippen LogP contribution in [0, 0.1) is 15.9 Å². The average molecular weight is 239 g/mol. The normalized spacial score (nSPS) is 17.2. The van der Waals surface area contributed by atoms with Gasteiger partial charge < -0.3 is 10.6 Å². The Hall–Kier alpha value is -1.69. The van der Waals surface area contributed by atoms with E-state index in [2.05, 4.69) is 0 Å². The molecule has 6 heteroatoms. The van der Waals surface area contributed by atoms with E-state index in [0.717, 1.165) is 18.9 Å². The van der Waals surface area contributed by atoms with Crippen molar-refractivity contribution in [3.8, 4) is 0 Å². The van der Waals surface area contributed by atoms with Gasteiger partial charge in [-0.25, -0.2) is 0 Å². The summed E-state index contributed by atoms with van der Waals surface area (Å²) in [5, 5.41) is 10.9. The van der Waals surface area contributed by atoms with Crippen LogP contribution in [0.4, 0.5) is 15.8 Å². The Balaban J connectivity index is 2.32. The Morgan fingerprint density at radius 3 is 2.65 bits per heavy atom. The molecular weight excluding hydrogens is 225 g/mol. The molecule has 0 unspecified atom stereocenters. The van der Waals surface area contributed by atoms with E-state index in [1.54, 1.807) is 6.07 Å². The number of para-hydroxylation sites is 1. The third-order valence-corrected chi connectivity index (χ3v) is 3.03. The van der Waals surface area contributed by atoms with Crippen LogP contribution in [0.15, 0.2) is 18.2 Å². The first-order valence-corrected chi connectivity index (χ1v) is 5.53. The average Bonchev–Trinajstić information content (AvgIpc) is 2.29. The molecule has 2 N–H and O–H groups in total. The highest BCUT2D eigenvalue weighted by molar-refractivity contribution is 5.64. The number of nitrogens with zero attached hydrogens (tertiary/aromatic N) is 2. The van der Waals surface area contributed by atoms with Crippen molar-refractivity contribution in [2.75, 3.05) is 18.0 Å². The number of hydrogen-bond donors (Lipinski definition) is 1. The largest absolute Gasteiger partial charge is 0.366 e. The molecule has 0 amide bonds. The van der Waals surface area contributed by atoms with Gasteiger partial charge in [-0.05, 0) is 25.0 Å². The number of rotatable bonds is 2. The molecule has 5 nitrogen and oxygen atoms in total. The van der Waals surface area contributed by atoms with Gasteiger partial charge in [-0.15, -0.1) is 0 Å². The van der Waals surface area contributed by atoms with Gasteiger partial charge in [0.05, 0.1) is 4.92 Å². The van der Waals surface area contributed by atoms with Crippen LogP contribution in [0.3, 0.4) is 0 Å². The minimum Gasteiger partial charge on any atom is -0.366 e. The molecule has 1 aromatic carbocycles.